The Hall–Kier alpha value is -1.50. The minimum absolute atomic E-state index is 0.0404. The number of benzene rings is 1. The molecule has 3 rings (SSSR count). The van der Waals surface area contributed by atoms with Crippen molar-refractivity contribution >= 4 is 23.2 Å². The lowest BCUT2D eigenvalue weighted by molar-refractivity contribution is -0.0960. The van der Waals surface area contributed by atoms with Crippen molar-refractivity contribution < 1.29 is 14.6 Å². The van der Waals surface area contributed by atoms with Crippen LogP contribution in [-0.2, 0) is 4.74 Å². The molecule has 1 saturated heterocycles. The van der Waals surface area contributed by atoms with E-state index in [0.29, 0.717) is 23.2 Å². The van der Waals surface area contributed by atoms with Gasteiger partial charge < -0.3 is 15.2 Å². The molecule has 0 aromatic heterocycles. The Balaban J connectivity index is 1.79. The monoisotopic (exact) mass is 432 g/mol. The van der Waals surface area contributed by atoms with Crippen LogP contribution in [0.4, 0.5) is 0 Å². The van der Waals surface area contributed by atoms with Crippen LogP contribution < -0.4 is 10.6 Å². The van der Waals surface area contributed by atoms with Gasteiger partial charge in [0.05, 0.1) is 18.2 Å². The smallest absolute Gasteiger partial charge is 0.257 e. The Bertz CT molecular complexity index is 689. The maximum absolute atomic E-state index is 12.6. The van der Waals surface area contributed by atoms with Gasteiger partial charge >= 0.3 is 0 Å². The Morgan fingerprint density at radius 2 is 1.77 bits per heavy atom. The third-order valence-corrected chi connectivity index (χ3v) is 7.07. The summed E-state index contributed by atoms with van der Waals surface area (Å²) in [7, 11) is 0. The first-order valence-corrected chi connectivity index (χ1v) is 11.9. The van der Waals surface area contributed by atoms with Crippen LogP contribution in [0.5, 0.6) is 0 Å². The van der Waals surface area contributed by atoms with E-state index >= 15 is 0 Å². The summed E-state index contributed by atoms with van der Waals surface area (Å²) < 4.78 is 6.13. The molecule has 0 radical (unpaired) electrons. The van der Waals surface area contributed by atoms with E-state index in [9.17, 15) is 9.90 Å². The van der Waals surface area contributed by atoms with Crippen molar-refractivity contribution in [3.05, 3.63) is 35.9 Å². The largest absolute Gasteiger partial charge is 0.396 e. The average molecular weight is 433 g/mol. The van der Waals surface area contributed by atoms with Gasteiger partial charge in [0.25, 0.3) is 5.91 Å². The maximum atomic E-state index is 12.6. The minimum atomic E-state index is -0.452. The fourth-order valence-corrected chi connectivity index (χ4v) is 5.44. The van der Waals surface area contributed by atoms with Gasteiger partial charge in [0.1, 0.15) is 0 Å². The zero-order valence-corrected chi connectivity index (χ0v) is 18.9. The molecule has 166 valence electrons. The minimum Gasteiger partial charge on any atom is -0.396 e. The van der Waals surface area contributed by atoms with E-state index in [-0.39, 0.29) is 24.5 Å². The van der Waals surface area contributed by atoms with E-state index in [2.05, 4.69) is 17.6 Å². The second kappa shape index (κ2) is 11.2. The summed E-state index contributed by atoms with van der Waals surface area (Å²) in [5.74, 6) is 0.175. The standard InChI is InChI=1S/C24H36N2O3S/c1-18-15-21(16-27)24(17-29-18,20-13-9-4-2-3-5-10-14-20)26-23(30)25-22(28)19-11-7-6-8-12-19/h6-8,11-12,18,20-21,27H,2-5,9-10,13-17H2,1H3,(H2,25,26,28,30)/t18-,21-,24+/m0/s1. The van der Waals surface area contributed by atoms with Gasteiger partial charge in [-0.3, -0.25) is 10.1 Å². The quantitative estimate of drug-likeness (QED) is 0.622. The van der Waals surface area contributed by atoms with Crippen molar-refractivity contribution in [2.24, 2.45) is 11.8 Å². The van der Waals surface area contributed by atoms with Crippen LogP contribution in [0.2, 0.25) is 0 Å². The number of amides is 1. The first-order chi connectivity index (χ1) is 14.5. The molecule has 0 unspecified atom stereocenters. The van der Waals surface area contributed by atoms with Crippen LogP contribution in [0.1, 0.15) is 75.1 Å². The highest BCUT2D eigenvalue weighted by Crippen LogP contribution is 2.40. The summed E-state index contributed by atoms with van der Waals surface area (Å²) in [4.78, 5) is 12.6. The molecule has 3 N–H and O–H groups in total. The Morgan fingerprint density at radius 1 is 1.13 bits per heavy atom. The van der Waals surface area contributed by atoms with Crippen LogP contribution in [0, 0.1) is 11.8 Å². The zero-order chi connectivity index (χ0) is 21.4. The number of aliphatic hydroxyl groups excluding tert-OH is 1. The van der Waals surface area contributed by atoms with Crippen LogP contribution in [0.3, 0.4) is 0 Å². The van der Waals surface area contributed by atoms with E-state index in [1.54, 1.807) is 12.1 Å². The lowest BCUT2D eigenvalue weighted by Crippen LogP contribution is -2.67. The molecule has 1 amide bonds. The van der Waals surface area contributed by atoms with Crippen molar-refractivity contribution in [2.45, 2.75) is 76.4 Å². The van der Waals surface area contributed by atoms with E-state index in [4.69, 9.17) is 17.0 Å². The Labute approximate surface area is 186 Å². The van der Waals surface area contributed by atoms with Crippen molar-refractivity contribution in [1.82, 2.24) is 10.6 Å². The van der Waals surface area contributed by atoms with Crippen molar-refractivity contribution in [1.29, 1.82) is 0 Å². The molecule has 2 fully saturated rings. The van der Waals surface area contributed by atoms with Crippen molar-refractivity contribution in [2.75, 3.05) is 13.2 Å². The molecular formula is C24H36N2O3S. The number of hydrogen-bond donors (Lipinski definition) is 3. The predicted molar refractivity (Wildman–Crippen MR) is 123 cm³/mol. The van der Waals surface area contributed by atoms with E-state index in [0.717, 1.165) is 19.3 Å². The fourth-order valence-electron chi connectivity index (χ4n) is 5.16. The van der Waals surface area contributed by atoms with E-state index < -0.39 is 5.54 Å². The highest BCUT2D eigenvalue weighted by molar-refractivity contribution is 7.80. The van der Waals surface area contributed by atoms with E-state index in [1.165, 1.54) is 38.5 Å². The molecule has 1 aliphatic carbocycles. The molecule has 1 saturated carbocycles. The normalized spacial score (nSPS) is 28.6. The number of carbonyl (C=O) groups excluding carboxylic acids is 1. The zero-order valence-electron chi connectivity index (χ0n) is 18.1. The Kier molecular flexibility index (Phi) is 8.66. The molecule has 0 spiro atoms. The topological polar surface area (TPSA) is 70.6 Å². The van der Waals surface area contributed by atoms with Crippen LogP contribution in [0.15, 0.2) is 30.3 Å². The number of hydrogen-bond acceptors (Lipinski definition) is 4. The summed E-state index contributed by atoms with van der Waals surface area (Å²) in [5.41, 5.74) is 0.123. The van der Waals surface area contributed by atoms with Gasteiger partial charge in [0.2, 0.25) is 0 Å². The summed E-state index contributed by atoms with van der Waals surface area (Å²) in [6, 6.07) is 9.10. The Morgan fingerprint density at radius 3 is 2.40 bits per heavy atom. The number of nitrogens with one attached hydrogen (secondary N) is 2. The predicted octanol–water partition coefficient (Wildman–Crippen LogP) is 4.20. The van der Waals surface area contributed by atoms with Crippen molar-refractivity contribution in [3.8, 4) is 0 Å². The van der Waals surface area contributed by atoms with Gasteiger partial charge in [-0.15, -0.1) is 0 Å². The number of rotatable bonds is 4. The van der Waals surface area contributed by atoms with E-state index in [1.807, 2.05) is 18.2 Å². The first kappa shape index (κ1) is 23.2. The third kappa shape index (κ3) is 5.80. The lowest BCUT2D eigenvalue weighted by atomic mass is 9.67. The summed E-state index contributed by atoms with van der Waals surface area (Å²) >= 11 is 5.59. The molecule has 30 heavy (non-hydrogen) atoms. The SMILES string of the molecule is C[C@H]1C[C@@H](CO)[C@](NC(=S)NC(=O)c2ccccc2)(C2CCCCCCCC2)CO1. The molecular weight excluding hydrogens is 396 g/mol. The number of aliphatic hydroxyl groups is 1. The third-order valence-electron chi connectivity index (χ3n) is 6.86. The molecule has 6 heteroatoms. The molecule has 3 atom stereocenters. The lowest BCUT2D eigenvalue weighted by Gasteiger charge is -2.51. The van der Waals surface area contributed by atoms with Gasteiger partial charge in [0, 0.05) is 18.1 Å². The van der Waals surface area contributed by atoms with Gasteiger partial charge in [-0.1, -0.05) is 56.7 Å². The number of thiocarbonyl (C=S) groups is 1. The van der Waals surface area contributed by atoms with Crippen LogP contribution in [0.25, 0.3) is 0 Å². The molecule has 0 bridgehead atoms. The van der Waals surface area contributed by atoms with Gasteiger partial charge in [0.15, 0.2) is 5.11 Å². The molecule has 5 nitrogen and oxygen atoms in total. The average Bonchev–Trinajstić information content (AvgIpc) is 2.90. The summed E-state index contributed by atoms with van der Waals surface area (Å²) in [6.45, 7) is 2.66. The summed E-state index contributed by atoms with van der Waals surface area (Å²) in [5, 5.41) is 17.0. The second-order valence-electron chi connectivity index (χ2n) is 8.95. The molecule has 2 aliphatic rings. The van der Waals surface area contributed by atoms with Gasteiger partial charge in [-0.2, -0.15) is 0 Å². The first-order valence-electron chi connectivity index (χ1n) is 11.5. The number of ether oxygens (including phenoxy) is 1. The van der Waals surface area contributed by atoms with Crippen molar-refractivity contribution in [3.63, 3.8) is 0 Å². The molecule has 1 aromatic rings. The summed E-state index contributed by atoms with van der Waals surface area (Å²) in [6.07, 6.45) is 10.6. The molecule has 1 aromatic carbocycles. The van der Waals surface area contributed by atoms with Crippen LogP contribution in [-0.4, -0.2) is 41.0 Å². The van der Waals surface area contributed by atoms with Crippen LogP contribution >= 0.6 is 12.2 Å². The fraction of sp³-hybridized carbons (Fsp3) is 0.667. The van der Waals surface area contributed by atoms with Gasteiger partial charge in [-0.25, -0.2) is 0 Å². The molecule has 1 aliphatic heterocycles. The number of carbonyl (C=O) groups is 1. The second-order valence-corrected chi connectivity index (χ2v) is 9.36. The highest BCUT2D eigenvalue weighted by atomic mass is 32.1. The maximum Gasteiger partial charge on any atom is 0.257 e. The molecule has 1 heterocycles. The highest BCUT2D eigenvalue weighted by Gasteiger charge is 2.48. The van der Waals surface area contributed by atoms with Gasteiger partial charge in [-0.05, 0) is 56.5 Å².